The molecule has 5 nitrogen and oxygen atoms in total. The lowest BCUT2D eigenvalue weighted by atomic mass is 10.1. The number of thiazole rings is 1. The van der Waals surface area contributed by atoms with Crippen LogP contribution in [0.3, 0.4) is 0 Å². The molecule has 2 N–H and O–H groups in total. The Kier molecular flexibility index (Phi) is 3.80. The normalized spacial score (nSPS) is 18.1. The molecular formula is C17H20N4OS2. The molecule has 24 heavy (non-hydrogen) atoms. The fraction of sp³-hybridized carbons (Fsp3) is 0.471. The summed E-state index contributed by atoms with van der Waals surface area (Å²) in [6.45, 7) is 4.80. The second-order valence-corrected chi connectivity index (χ2v) is 8.35. The van der Waals surface area contributed by atoms with Crippen LogP contribution in [0, 0.1) is 12.8 Å². The first-order chi connectivity index (χ1) is 11.5. The summed E-state index contributed by atoms with van der Waals surface area (Å²) in [4.78, 5) is 25.0. The van der Waals surface area contributed by atoms with E-state index < -0.39 is 0 Å². The summed E-state index contributed by atoms with van der Waals surface area (Å²) in [6.07, 6.45) is 4.44. The lowest BCUT2D eigenvalue weighted by Gasteiger charge is -2.23. The van der Waals surface area contributed by atoms with Gasteiger partial charge in [-0.15, -0.1) is 11.8 Å². The molecule has 7 heteroatoms. The zero-order valence-electron chi connectivity index (χ0n) is 14.0. The number of carbonyl (C=O) groups is 1. The number of hydrogen-bond donors (Lipinski definition) is 1. The van der Waals surface area contributed by atoms with Gasteiger partial charge in [0.05, 0.1) is 21.8 Å². The zero-order valence-corrected chi connectivity index (χ0v) is 15.6. The summed E-state index contributed by atoms with van der Waals surface area (Å²) in [6, 6.07) is 2.36. The van der Waals surface area contributed by atoms with E-state index in [4.69, 9.17) is 10.7 Å². The zero-order chi connectivity index (χ0) is 17.0. The minimum absolute atomic E-state index is 0.133. The van der Waals surface area contributed by atoms with Crippen LogP contribution >= 0.6 is 23.1 Å². The fourth-order valence-electron chi connectivity index (χ4n) is 3.41. The van der Waals surface area contributed by atoms with E-state index in [0.29, 0.717) is 23.6 Å². The number of pyridine rings is 1. The molecule has 1 atom stereocenters. The van der Waals surface area contributed by atoms with Crippen LogP contribution in [-0.2, 0) is 6.54 Å². The van der Waals surface area contributed by atoms with Crippen molar-refractivity contribution in [3.63, 3.8) is 0 Å². The van der Waals surface area contributed by atoms with Crippen molar-refractivity contribution in [1.29, 1.82) is 0 Å². The highest BCUT2D eigenvalue weighted by molar-refractivity contribution is 7.98. The molecule has 1 fully saturated rings. The lowest BCUT2D eigenvalue weighted by Crippen LogP contribution is -2.34. The van der Waals surface area contributed by atoms with E-state index in [9.17, 15) is 4.79 Å². The molecule has 0 aromatic carbocycles. The molecular weight excluding hydrogens is 340 g/mol. The van der Waals surface area contributed by atoms with Crippen molar-refractivity contribution in [2.45, 2.75) is 44.3 Å². The Balaban J connectivity index is 1.77. The number of rotatable bonds is 4. The highest BCUT2D eigenvalue weighted by Gasteiger charge is 2.40. The van der Waals surface area contributed by atoms with E-state index in [1.165, 1.54) is 35.9 Å². The standard InChI is InChI=1S/C17H20N4OS2/c1-8-14(24-17(18)19-8)12-6-11-7-21(9(2)10-4-5-10)16(22)13(11)15(20-12)23-3/h6,9-10H,4-5,7H2,1-3H3,(H2,18,19). The number of aromatic nitrogens is 2. The highest BCUT2D eigenvalue weighted by Crippen LogP contribution is 2.41. The number of nitrogen functional groups attached to an aromatic ring is 1. The van der Waals surface area contributed by atoms with Gasteiger partial charge in [-0.25, -0.2) is 9.97 Å². The van der Waals surface area contributed by atoms with E-state index in [2.05, 4.69) is 11.9 Å². The van der Waals surface area contributed by atoms with E-state index in [1.54, 1.807) is 0 Å². The third kappa shape index (κ3) is 2.50. The molecule has 0 radical (unpaired) electrons. The van der Waals surface area contributed by atoms with E-state index in [1.807, 2.05) is 24.1 Å². The largest absolute Gasteiger partial charge is 0.375 e. The molecule has 4 rings (SSSR count). The van der Waals surface area contributed by atoms with Crippen LogP contribution in [0.15, 0.2) is 11.1 Å². The van der Waals surface area contributed by atoms with Crippen molar-refractivity contribution in [3.8, 4) is 10.6 Å². The molecule has 1 aliphatic heterocycles. The number of hydrogen-bond acceptors (Lipinski definition) is 6. The van der Waals surface area contributed by atoms with Gasteiger partial charge in [0.25, 0.3) is 5.91 Å². The van der Waals surface area contributed by atoms with Crippen LogP contribution in [0.2, 0.25) is 0 Å². The molecule has 2 aromatic rings. The van der Waals surface area contributed by atoms with Crippen LogP contribution < -0.4 is 5.73 Å². The first-order valence-corrected chi connectivity index (χ1v) is 10.2. The van der Waals surface area contributed by atoms with Gasteiger partial charge in [0.15, 0.2) is 5.13 Å². The monoisotopic (exact) mass is 360 g/mol. The van der Waals surface area contributed by atoms with Crippen molar-refractivity contribution in [2.75, 3.05) is 12.0 Å². The van der Waals surface area contributed by atoms with Crippen molar-refractivity contribution < 1.29 is 4.79 Å². The number of anilines is 1. The average molecular weight is 361 g/mol. The number of fused-ring (bicyclic) bond motifs is 1. The van der Waals surface area contributed by atoms with Crippen molar-refractivity contribution >= 4 is 34.1 Å². The summed E-state index contributed by atoms with van der Waals surface area (Å²) in [5.74, 6) is 0.797. The highest BCUT2D eigenvalue weighted by atomic mass is 32.2. The predicted molar refractivity (Wildman–Crippen MR) is 98.3 cm³/mol. The molecule has 1 saturated carbocycles. The maximum atomic E-state index is 12.9. The van der Waals surface area contributed by atoms with Crippen LogP contribution in [0.1, 0.15) is 41.4 Å². The first kappa shape index (κ1) is 15.9. The molecule has 1 aliphatic carbocycles. The minimum atomic E-state index is 0.133. The number of nitrogens with two attached hydrogens (primary N) is 1. The molecule has 126 valence electrons. The Labute approximate surface area is 149 Å². The number of nitrogens with zero attached hydrogens (tertiary/aromatic N) is 3. The first-order valence-electron chi connectivity index (χ1n) is 8.11. The molecule has 1 amide bonds. The van der Waals surface area contributed by atoms with Gasteiger partial charge in [0, 0.05) is 12.6 Å². The maximum absolute atomic E-state index is 12.9. The molecule has 0 bridgehead atoms. The van der Waals surface area contributed by atoms with Gasteiger partial charge in [-0.2, -0.15) is 0 Å². The lowest BCUT2D eigenvalue weighted by molar-refractivity contribution is 0.0694. The smallest absolute Gasteiger partial charge is 0.257 e. The van der Waals surface area contributed by atoms with Gasteiger partial charge in [0.2, 0.25) is 0 Å². The van der Waals surface area contributed by atoms with Crippen LogP contribution in [0.25, 0.3) is 10.6 Å². The molecule has 1 unspecified atom stereocenters. The summed E-state index contributed by atoms with van der Waals surface area (Å²) in [5.41, 5.74) is 9.47. The Morgan fingerprint density at radius 2 is 2.17 bits per heavy atom. The third-order valence-corrected chi connectivity index (χ3v) is 6.61. The number of carbonyl (C=O) groups excluding carboxylic acids is 1. The Hall–Kier alpha value is -1.60. The van der Waals surface area contributed by atoms with E-state index in [0.717, 1.165) is 32.4 Å². The molecule has 2 aromatic heterocycles. The number of thioether (sulfide) groups is 1. The van der Waals surface area contributed by atoms with Crippen molar-refractivity contribution in [3.05, 3.63) is 22.9 Å². The van der Waals surface area contributed by atoms with Crippen LogP contribution in [-0.4, -0.2) is 33.1 Å². The Morgan fingerprint density at radius 3 is 2.75 bits per heavy atom. The maximum Gasteiger partial charge on any atom is 0.257 e. The quantitative estimate of drug-likeness (QED) is 0.844. The molecule has 2 aliphatic rings. The topological polar surface area (TPSA) is 72.1 Å². The van der Waals surface area contributed by atoms with E-state index in [-0.39, 0.29) is 5.91 Å². The summed E-state index contributed by atoms with van der Waals surface area (Å²) >= 11 is 2.98. The van der Waals surface area contributed by atoms with Gasteiger partial charge in [-0.05, 0) is 50.5 Å². The summed E-state index contributed by atoms with van der Waals surface area (Å²) in [7, 11) is 0. The molecule has 3 heterocycles. The summed E-state index contributed by atoms with van der Waals surface area (Å²) in [5, 5.41) is 1.36. The predicted octanol–water partition coefficient (Wildman–Crippen LogP) is 3.57. The van der Waals surface area contributed by atoms with Gasteiger partial charge >= 0.3 is 0 Å². The summed E-state index contributed by atoms with van der Waals surface area (Å²) < 4.78 is 0. The average Bonchev–Trinajstić information content (AvgIpc) is 3.28. The van der Waals surface area contributed by atoms with Gasteiger partial charge < -0.3 is 10.6 Å². The second-order valence-electron chi connectivity index (χ2n) is 6.53. The van der Waals surface area contributed by atoms with Crippen molar-refractivity contribution in [2.24, 2.45) is 5.92 Å². The van der Waals surface area contributed by atoms with Gasteiger partial charge in [0.1, 0.15) is 5.03 Å². The molecule has 0 spiro atoms. The number of amides is 1. The van der Waals surface area contributed by atoms with Crippen LogP contribution in [0.5, 0.6) is 0 Å². The fourth-order valence-corrected chi connectivity index (χ4v) is 4.81. The van der Waals surface area contributed by atoms with Gasteiger partial charge in [-0.3, -0.25) is 4.79 Å². The number of aryl methyl sites for hydroxylation is 1. The molecule has 0 saturated heterocycles. The van der Waals surface area contributed by atoms with E-state index >= 15 is 0 Å². The third-order valence-electron chi connectivity index (χ3n) is 4.92. The Morgan fingerprint density at radius 1 is 1.42 bits per heavy atom. The van der Waals surface area contributed by atoms with Gasteiger partial charge in [-0.1, -0.05) is 11.3 Å². The van der Waals surface area contributed by atoms with Crippen molar-refractivity contribution in [1.82, 2.24) is 14.9 Å². The Bertz CT molecular complexity index is 828. The van der Waals surface area contributed by atoms with Crippen LogP contribution in [0.4, 0.5) is 5.13 Å². The second kappa shape index (κ2) is 5.74. The SMILES string of the molecule is CSc1nc(-c2sc(N)nc2C)cc2c1C(=O)N(C(C)C1CC1)C2. The minimum Gasteiger partial charge on any atom is -0.375 e.